The summed E-state index contributed by atoms with van der Waals surface area (Å²) in [4.78, 5) is 0. The number of nitrogens with one attached hydrogen (secondary N) is 1. The summed E-state index contributed by atoms with van der Waals surface area (Å²) in [7, 11) is 0. The molecule has 3 N–H and O–H groups in total. The highest BCUT2D eigenvalue weighted by Gasteiger charge is 2.21. The van der Waals surface area contributed by atoms with Crippen LogP contribution in [0.15, 0.2) is 0 Å². The lowest BCUT2D eigenvalue weighted by Gasteiger charge is -2.29. The van der Waals surface area contributed by atoms with Crippen molar-refractivity contribution >= 4 is 0 Å². The third-order valence-electron chi connectivity index (χ3n) is 3.26. The summed E-state index contributed by atoms with van der Waals surface area (Å²) in [6.07, 6.45) is 4.96. The molecule has 98 valence electrons. The van der Waals surface area contributed by atoms with Crippen LogP contribution in [0.1, 0.15) is 67.2 Å². The van der Waals surface area contributed by atoms with Gasteiger partial charge in [0.15, 0.2) is 0 Å². The molecule has 2 nitrogen and oxygen atoms in total. The summed E-state index contributed by atoms with van der Waals surface area (Å²) in [5.74, 6) is 7.08. The molecule has 2 heteroatoms. The Labute approximate surface area is 102 Å². The van der Waals surface area contributed by atoms with E-state index in [1.807, 2.05) is 0 Å². The van der Waals surface area contributed by atoms with Crippen LogP contribution >= 0.6 is 0 Å². The van der Waals surface area contributed by atoms with Gasteiger partial charge < -0.3 is 0 Å². The molecule has 0 heterocycles. The predicted molar refractivity (Wildman–Crippen MR) is 73.0 cm³/mol. The van der Waals surface area contributed by atoms with E-state index in [0.717, 1.165) is 5.92 Å². The Morgan fingerprint density at radius 3 is 2.12 bits per heavy atom. The first-order valence-corrected chi connectivity index (χ1v) is 6.76. The Bertz CT molecular complexity index is 172. The van der Waals surface area contributed by atoms with Gasteiger partial charge in [0.25, 0.3) is 0 Å². The molecule has 0 spiro atoms. The van der Waals surface area contributed by atoms with Crippen molar-refractivity contribution in [3.8, 4) is 0 Å². The molecular formula is C14H32N2. The molecule has 0 aliphatic rings. The van der Waals surface area contributed by atoms with Crippen LogP contribution in [0.5, 0.6) is 0 Å². The fraction of sp³-hybridized carbons (Fsp3) is 1.00. The highest BCUT2D eigenvalue weighted by Crippen LogP contribution is 2.28. The quantitative estimate of drug-likeness (QED) is 0.515. The first-order chi connectivity index (χ1) is 7.30. The molecule has 3 atom stereocenters. The van der Waals surface area contributed by atoms with E-state index in [4.69, 9.17) is 5.84 Å². The second-order valence-electron chi connectivity index (χ2n) is 6.64. The van der Waals surface area contributed by atoms with E-state index in [1.54, 1.807) is 0 Å². The van der Waals surface area contributed by atoms with Crippen molar-refractivity contribution in [2.75, 3.05) is 0 Å². The first kappa shape index (κ1) is 15.9. The SMILES string of the molecule is CCCC(C)C(CC(C)CC(C)(C)C)NN. The van der Waals surface area contributed by atoms with Crippen LogP contribution in [0.3, 0.4) is 0 Å². The highest BCUT2D eigenvalue weighted by atomic mass is 15.2. The Hall–Kier alpha value is -0.0800. The molecule has 0 fully saturated rings. The maximum atomic E-state index is 5.67. The van der Waals surface area contributed by atoms with E-state index in [2.05, 4.69) is 47.0 Å². The molecule has 0 saturated carbocycles. The van der Waals surface area contributed by atoms with Gasteiger partial charge in [-0.15, -0.1) is 0 Å². The molecular weight excluding hydrogens is 196 g/mol. The molecule has 0 aromatic heterocycles. The minimum absolute atomic E-state index is 0.423. The van der Waals surface area contributed by atoms with E-state index in [1.165, 1.54) is 25.7 Å². The monoisotopic (exact) mass is 228 g/mol. The van der Waals surface area contributed by atoms with E-state index in [0.29, 0.717) is 17.4 Å². The van der Waals surface area contributed by atoms with Gasteiger partial charge in [0.05, 0.1) is 0 Å². The largest absolute Gasteiger partial charge is 0.271 e. The molecule has 16 heavy (non-hydrogen) atoms. The Balaban J connectivity index is 4.11. The van der Waals surface area contributed by atoms with E-state index < -0.39 is 0 Å². The second kappa shape index (κ2) is 7.29. The summed E-state index contributed by atoms with van der Waals surface area (Å²) < 4.78 is 0. The van der Waals surface area contributed by atoms with Crippen molar-refractivity contribution in [2.24, 2.45) is 23.1 Å². The lowest BCUT2D eigenvalue weighted by Crippen LogP contribution is -2.41. The van der Waals surface area contributed by atoms with Gasteiger partial charge in [0, 0.05) is 6.04 Å². The average Bonchev–Trinajstić information content (AvgIpc) is 2.11. The molecule has 0 aliphatic carbocycles. The number of hydrazine groups is 1. The second-order valence-corrected chi connectivity index (χ2v) is 6.64. The third-order valence-corrected chi connectivity index (χ3v) is 3.26. The summed E-state index contributed by atoms with van der Waals surface area (Å²) in [5.41, 5.74) is 3.43. The summed E-state index contributed by atoms with van der Waals surface area (Å²) in [5, 5.41) is 0. The van der Waals surface area contributed by atoms with Crippen LogP contribution in [0.4, 0.5) is 0 Å². The van der Waals surface area contributed by atoms with Gasteiger partial charge in [0.2, 0.25) is 0 Å². The van der Waals surface area contributed by atoms with Crippen molar-refractivity contribution < 1.29 is 0 Å². The predicted octanol–water partition coefficient (Wildman–Crippen LogP) is 3.72. The minimum Gasteiger partial charge on any atom is -0.271 e. The third kappa shape index (κ3) is 7.24. The zero-order chi connectivity index (χ0) is 12.8. The van der Waals surface area contributed by atoms with Crippen molar-refractivity contribution in [1.29, 1.82) is 0 Å². The fourth-order valence-electron chi connectivity index (χ4n) is 2.68. The molecule has 3 unspecified atom stereocenters. The smallest absolute Gasteiger partial charge is 0.0238 e. The normalized spacial score (nSPS) is 18.2. The molecule has 0 amide bonds. The standard InChI is InChI=1S/C14H32N2/c1-7-8-12(3)13(16-15)9-11(2)10-14(4,5)6/h11-13,16H,7-10,15H2,1-6H3. The van der Waals surface area contributed by atoms with Gasteiger partial charge in [-0.1, -0.05) is 48.0 Å². The summed E-state index contributed by atoms with van der Waals surface area (Å²) in [6.45, 7) is 13.8. The maximum absolute atomic E-state index is 5.67. The molecule has 0 rings (SSSR count). The first-order valence-electron chi connectivity index (χ1n) is 6.76. The Morgan fingerprint density at radius 2 is 1.75 bits per heavy atom. The Morgan fingerprint density at radius 1 is 1.19 bits per heavy atom. The number of hydrogen-bond acceptors (Lipinski definition) is 2. The van der Waals surface area contributed by atoms with Crippen LogP contribution in [0.2, 0.25) is 0 Å². The van der Waals surface area contributed by atoms with Gasteiger partial charge in [-0.05, 0) is 36.5 Å². The van der Waals surface area contributed by atoms with Crippen LogP contribution in [-0.4, -0.2) is 6.04 Å². The van der Waals surface area contributed by atoms with Crippen LogP contribution in [0.25, 0.3) is 0 Å². The summed E-state index contributed by atoms with van der Waals surface area (Å²) in [6, 6.07) is 0.470. The van der Waals surface area contributed by atoms with Crippen molar-refractivity contribution in [3.63, 3.8) is 0 Å². The number of hydrogen-bond donors (Lipinski definition) is 2. The van der Waals surface area contributed by atoms with Crippen molar-refractivity contribution in [2.45, 2.75) is 73.3 Å². The molecule has 0 bridgehead atoms. The zero-order valence-corrected chi connectivity index (χ0v) is 12.1. The lowest BCUT2D eigenvalue weighted by atomic mass is 9.81. The van der Waals surface area contributed by atoms with E-state index in [-0.39, 0.29) is 0 Å². The lowest BCUT2D eigenvalue weighted by molar-refractivity contribution is 0.244. The minimum atomic E-state index is 0.423. The molecule has 0 radical (unpaired) electrons. The molecule has 0 saturated heterocycles. The van der Waals surface area contributed by atoms with E-state index in [9.17, 15) is 0 Å². The fourth-order valence-corrected chi connectivity index (χ4v) is 2.68. The highest BCUT2D eigenvalue weighted by molar-refractivity contribution is 4.76. The Kier molecular flexibility index (Phi) is 7.25. The maximum Gasteiger partial charge on any atom is 0.0238 e. The van der Waals surface area contributed by atoms with Gasteiger partial charge in [0.1, 0.15) is 0 Å². The average molecular weight is 228 g/mol. The van der Waals surface area contributed by atoms with Crippen LogP contribution in [-0.2, 0) is 0 Å². The van der Waals surface area contributed by atoms with Gasteiger partial charge >= 0.3 is 0 Å². The number of nitrogens with two attached hydrogens (primary N) is 1. The van der Waals surface area contributed by atoms with Gasteiger partial charge in [-0.3, -0.25) is 11.3 Å². The summed E-state index contributed by atoms with van der Waals surface area (Å²) >= 11 is 0. The topological polar surface area (TPSA) is 38.0 Å². The van der Waals surface area contributed by atoms with Gasteiger partial charge in [-0.25, -0.2) is 0 Å². The molecule has 0 aromatic carbocycles. The van der Waals surface area contributed by atoms with E-state index >= 15 is 0 Å². The van der Waals surface area contributed by atoms with Gasteiger partial charge in [-0.2, -0.15) is 0 Å². The number of rotatable bonds is 7. The van der Waals surface area contributed by atoms with Crippen LogP contribution < -0.4 is 11.3 Å². The molecule has 0 aliphatic heterocycles. The van der Waals surface area contributed by atoms with Crippen molar-refractivity contribution in [1.82, 2.24) is 5.43 Å². The zero-order valence-electron chi connectivity index (χ0n) is 12.1. The molecule has 0 aromatic rings. The van der Waals surface area contributed by atoms with Crippen molar-refractivity contribution in [3.05, 3.63) is 0 Å². The van der Waals surface area contributed by atoms with Crippen LogP contribution in [0, 0.1) is 17.3 Å².